The molecule has 0 aliphatic rings. The minimum Gasteiger partial charge on any atom is -0.218 e. The van der Waals surface area contributed by atoms with Crippen LogP contribution in [-0.2, 0) is 9.84 Å². The number of hydrogen-bond acceptors (Lipinski definition) is 2. The molecule has 0 aliphatic carbocycles. The van der Waals surface area contributed by atoms with E-state index >= 15 is 0 Å². The molecule has 6 heteroatoms. The molecule has 1 aromatic rings. The van der Waals surface area contributed by atoms with Crippen molar-refractivity contribution in [2.24, 2.45) is 0 Å². The van der Waals surface area contributed by atoms with Crippen LogP contribution < -0.4 is 5.46 Å². The van der Waals surface area contributed by atoms with Gasteiger partial charge < -0.3 is 0 Å². The second kappa shape index (κ2) is 3.45. The average molecular weight is 202 g/mol. The van der Waals surface area contributed by atoms with Crippen LogP contribution in [0, 0.1) is 0 Å². The first kappa shape index (κ1) is 10.2. The van der Waals surface area contributed by atoms with Gasteiger partial charge in [-0.25, -0.2) is 8.42 Å². The van der Waals surface area contributed by atoms with Crippen molar-refractivity contribution in [3.63, 3.8) is 0 Å². The summed E-state index contributed by atoms with van der Waals surface area (Å²) in [6, 6.07) is 4.62. The van der Waals surface area contributed by atoms with Crippen molar-refractivity contribution in [2.45, 2.75) is 10.7 Å². The maximum atomic E-state index is 12.0. The van der Waals surface area contributed by atoms with Crippen molar-refractivity contribution in [2.75, 3.05) is 0 Å². The minimum atomic E-state index is -4.48. The van der Waals surface area contributed by atoms with Gasteiger partial charge in [-0.05, 0) is 12.1 Å². The highest BCUT2D eigenvalue weighted by atomic mass is 32.2. The summed E-state index contributed by atoms with van der Waals surface area (Å²) in [6.45, 7) is 0. The van der Waals surface area contributed by atoms with Gasteiger partial charge in [0.2, 0.25) is 9.84 Å². The molecule has 13 heavy (non-hydrogen) atoms. The van der Waals surface area contributed by atoms with Crippen LogP contribution in [0.1, 0.15) is 0 Å². The molecule has 0 fully saturated rings. The van der Waals surface area contributed by atoms with Crippen molar-refractivity contribution >= 4 is 23.1 Å². The average Bonchev–Trinajstić information content (AvgIpc) is 2.04. The molecule has 0 atom stereocenters. The number of hydrogen-bond donors (Lipinski definition) is 0. The fourth-order valence-electron chi connectivity index (χ4n) is 0.760. The fourth-order valence-corrected chi connectivity index (χ4v) is 1.48. The lowest BCUT2D eigenvalue weighted by Crippen LogP contribution is -2.12. The van der Waals surface area contributed by atoms with Crippen LogP contribution >= 0.6 is 0 Å². The van der Waals surface area contributed by atoms with Gasteiger partial charge in [-0.3, -0.25) is 0 Å². The molecule has 1 rings (SSSR count). The summed E-state index contributed by atoms with van der Waals surface area (Å²) >= 11 is 0. The third kappa shape index (κ3) is 2.06. The van der Waals surface area contributed by atoms with Gasteiger partial charge in [0.1, 0.15) is 7.85 Å². The van der Waals surface area contributed by atoms with Crippen LogP contribution in [0.15, 0.2) is 29.2 Å². The van der Waals surface area contributed by atoms with Crippen LogP contribution in [0.4, 0.5) is 8.78 Å². The summed E-state index contributed by atoms with van der Waals surface area (Å²) in [7, 11) is 0.781. The molecule has 1 aromatic carbocycles. The smallest absolute Gasteiger partial charge is 0.218 e. The van der Waals surface area contributed by atoms with E-state index in [2.05, 4.69) is 0 Å². The van der Waals surface area contributed by atoms with Crippen molar-refractivity contribution in [1.82, 2.24) is 0 Å². The largest absolute Gasteiger partial charge is 0.341 e. The summed E-state index contributed by atoms with van der Waals surface area (Å²) < 4.78 is 45.7. The summed E-state index contributed by atoms with van der Waals surface area (Å²) in [5, 5.41) is 0. The molecular formula is C7H5BF2O2S. The van der Waals surface area contributed by atoms with E-state index in [0.29, 0.717) is 5.46 Å². The first-order valence-corrected chi connectivity index (χ1v) is 4.87. The van der Waals surface area contributed by atoms with Gasteiger partial charge in [0.15, 0.2) is 0 Å². The highest BCUT2D eigenvalue weighted by Crippen LogP contribution is 2.16. The first-order valence-electron chi connectivity index (χ1n) is 3.32. The van der Waals surface area contributed by atoms with Crippen molar-refractivity contribution < 1.29 is 17.2 Å². The Balaban J connectivity index is 3.17. The summed E-state index contributed by atoms with van der Waals surface area (Å²) in [4.78, 5) is -0.420. The Labute approximate surface area is 75.9 Å². The molecule has 0 spiro atoms. The van der Waals surface area contributed by atoms with Gasteiger partial charge in [-0.15, -0.1) is 0 Å². The number of benzene rings is 1. The lowest BCUT2D eigenvalue weighted by molar-refractivity contribution is 0.234. The molecule has 0 saturated heterocycles. The molecule has 0 saturated carbocycles. The summed E-state index contributed by atoms with van der Waals surface area (Å²) in [5.41, 5.74) is 0.327. The van der Waals surface area contributed by atoms with E-state index < -0.39 is 20.5 Å². The second-order valence-electron chi connectivity index (χ2n) is 2.37. The summed E-state index contributed by atoms with van der Waals surface area (Å²) in [5.74, 6) is -3.39. The zero-order chi connectivity index (χ0) is 10.1. The van der Waals surface area contributed by atoms with E-state index in [9.17, 15) is 17.2 Å². The number of sulfone groups is 1. The molecule has 2 nitrogen and oxygen atoms in total. The Kier molecular flexibility index (Phi) is 2.70. The molecule has 0 aromatic heterocycles. The topological polar surface area (TPSA) is 34.1 Å². The highest BCUT2D eigenvalue weighted by Gasteiger charge is 2.25. The van der Waals surface area contributed by atoms with Crippen molar-refractivity contribution in [3.8, 4) is 0 Å². The second-order valence-corrected chi connectivity index (χ2v) is 4.29. The van der Waals surface area contributed by atoms with Gasteiger partial charge in [0.25, 0.3) is 0 Å². The van der Waals surface area contributed by atoms with Crippen LogP contribution in [0.25, 0.3) is 0 Å². The van der Waals surface area contributed by atoms with Gasteiger partial charge in [0, 0.05) is 0 Å². The van der Waals surface area contributed by atoms with Crippen molar-refractivity contribution in [3.05, 3.63) is 24.3 Å². The lowest BCUT2D eigenvalue weighted by atomic mass is 9.97. The quantitative estimate of drug-likeness (QED) is 0.653. The predicted molar refractivity (Wildman–Crippen MR) is 45.0 cm³/mol. The van der Waals surface area contributed by atoms with E-state index in [1.165, 1.54) is 12.1 Å². The van der Waals surface area contributed by atoms with Gasteiger partial charge >= 0.3 is 5.76 Å². The predicted octanol–water partition coefficient (Wildman–Crippen LogP) is 0.477. The van der Waals surface area contributed by atoms with E-state index in [1.807, 2.05) is 0 Å². The Bertz CT molecular complexity index is 385. The SMILES string of the molecule is [B]c1ccc(S(=O)(=O)C(F)F)cc1. The number of alkyl halides is 2. The van der Waals surface area contributed by atoms with Crippen molar-refractivity contribution in [1.29, 1.82) is 0 Å². The Morgan fingerprint density at radius 1 is 1.15 bits per heavy atom. The number of rotatable bonds is 2. The molecule has 0 heterocycles. The van der Waals surface area contributed by atoms with Crippen LogP contribution in [0.2, 0.25) is 0 Å². The van der Waals surface area contributed by atoms with Crippen LogP contribution in [0.3, 0.4) is 0 Å². The molecule has 68 valence electrons. The van der Waals surface area contributed by atoms with Crippen LogP contribution in [0.5, 0.6) is 0 Å². The molecular weight excluding hydrogens is 197 g/mol. The maximum absolute atomic E-state index is 12.0. The Morgan fingerprint density at radius 2 is 1.62 bits per heavy atom. The zero-order valence-corrected chi connectivity index (χ0v) is 7.26. The van der Waals surface area contributed by atoms with Gasteiger partial charge in [0.05, 0.1) is 4.90 Å². The molecule has 0 unspecified atom stereocenters. The molecule has 0 bridgehead atoms. The Morgan fingerprint density at radius 3 is 2.00 bits per heavy atom. The molecule has 0 N–H and O–H groups in total. The van der Waals surface area contributed by atoms with Gasteiger partial charge in [-0.1, -0.05) is 17.6 Å². The monoisotopic (exact) mass is 202 g/mol. The van der Waals surface area contributed by atoms with E-state index in [4.69, 9.17) is 7.85 Å². The lowest BCUT2D eigenvalue weighted by Gasteiger charge is -2.02. The standard InChI is InChI=1S/C7H5BF2O2S/c8-5-1-3-6(4-2-5)13(11,12)7(9)10/h1-4,7H. The summed E-state index contributed by atoms with van der Waals surface area (Å²) in [6.07, 6.45) is 0. The zero-order valence-electron chi connectivity index (χ0n) is 6.44. The Hall–Kier alpha value is -0.905. The number of halogens is 2. The molecule has 2 radical (unpaired) electrons. The third-order valence-electron chi connectivity index (χ3n) is 1.44. The van der Waals surface area contributed by atoms with Gasteiger partial charge in [-0.2, -0.15) is 8.78 Å². The van der Waals surface area contributed by atoms with Crippen LogP contribution in [-0.4, -0.2) is 22.0 Å². The highest BCUT2D eigenvalue weighted by molar-refractivity contribution is 7.91. The van der Waals surface area contributed by atoms with E-state index in [0.717, 1.165) is 12.1 Å². The third-order valence-corrected chi connectivity index (χ3v) is 2.84. The van der Waals surface area contributed by atoms with E-state index in [-0.39, 0.29) is 0 Å². The first-order chi connectivity index (χ1) is 5.94. The maximum Gasteiger partial charge on any atom is 0.341 e. The van der Waals surface area contributed by atoms with E-state index in [1.54, 1.807) is 0 Å². The fraction of sp³-hybridized carbons (Fsp3) is 0.143. The molecule has 0 aliphatic heterocycles. The normalized spacial score (nSPS) is 11.9. The molecule has 0 amide bonds. The minimum absolute atomic E-state index is 0.327.